The number of nitrogens with zero attached hydrogens (tertiary/aromatic N) is 3. The van der Waals surface area contributed by atoms with Crippen molar-refractivity contribution >= 4 is 0 Å². The molecule has 1 aliphatic rings. The zero-order valence-electron chi connectivity index (χ0n) is 15.0. The number of aliphatic hydroxyl groups is 1. The number of aromatic nitrogens is 2. The Morgan fingerprint density at radius 1 is 1.28 bits per heavy atom. The Bertz CT molecular complexity index is 664. The average Bonchev–Trinajstić information content (AvgIpc) is 3.10. The summed E-state index contributed by atoms with van der Waals surface area (Å²) >= 11 is 0. The summed E-state index contributed by atoms with van der Waals surface area (Å²) < 4.78 is 2.34. The van der Waals surface area contributed by atoms with Crippen molar-refractivity contribution in [3.05, 3.63) is 48.0 Å². The van der Waals surface area contributed by atoms with E-state index in [1.807, 2.05) is 18.6 Å². The number of benzene rings is 1. The number of aliphatic hydroxyl groups excluding tert-OH is 1. The Balaban J connectivity index is 1.65. The molecule has 5 heteroatoms. The molecular formula is C20H29N3O2. The van der Waals surface area contributed by atoms with Gasteiger partial charge in [0.25, 0.3) is 0 Å². The lowest BCUT2D eigenvalue weighted by Gasteiger charge is -2.28. The molecule has 1 fully saturated rings. The maximum Gasteiger partial charge on any atom is 0.115 e. The number of hydrogen-bond acceptors (Lipinski definition) is 4. The van der Waals surface area contributed by atoms with E-state index in [2.05, 4.69) is 21.4 Å². The van der Waals surface area contributed by atoms with Crippen LogP contribution in [0, 0.1) is 0 Å². The van der Waals surface area contributed by atoms with Crippen molar-refractivity contribution in [1.29, 1.82) is 0 Å². The van der Waals surface area contributed by atoms with Crippen LogP contribution in [0.2, 0.25) is 0 Å². The Morgan fingerprint density at radius 2 is 2.08 bits per heavy atom. The Kier molecular flexibility index (Phi) is 6.10. The minimum atomic E-state index is -0.613. The molecule has 2 aromatic rings. The van der Waals surface area contributed by atoms with Crippen LogP contribution >= 0.6 is 0 Å². The second-order valence-electron chi connectivity index (χ2n) is 7.02. The molecule has 0 spiro atoms. The van der Waals surface area contributed by atoms with Crippen molar-refractivity contribution < 1.29 is 10.2 Å². The van der Waals surface area contributed by atoms with Gasteiger partial charge in [0.05, 0.1) is 18.1 Å². The third-order valence-electron chi connectivity index (χ3n) is 5.23. The maximum atomic E-state index is 10.5. The van der Waals surface area contributed by atoms with Crippen molar-refractivity contribution in [3.8, 4) is 5.75 Å². The maximum absolute atomic E-state index is 10.5. The van der Waals surface area contributed by atoms with Gasteiger partial charge in [-0.25, -0.2) is 4.98 Å². The van der Waals surface area contributed by atoms with Gasteiger partial charge in [0.1, 0.15) is 5.75 Å². The number of likely N-dealkylation sites (N-methyl/N-ethyl adjacent to an activating group) is 1. The summed E-state index contributed by atoms with van der Waals surface area (Å²) in [6.45, 7) is 4.28. The summed E-state index contributed by atoms with van der Waals surface area (Å²) in [5, 5.41) is 20.1. The molecule has 1 aromatic heterocycles. The minimum absolute atomic E-state index is 0.190. The Labute approximate surface area is 149 Å². The molecule has 25 heavy (non-hydrogen) atoms. The van der Waals surface area contributed by atoms with E-state index in [1.54, 1.807) is 18.2 Å². The van der Waals surface area contributed by atoms with Crippen molar-refractivity contribution in [2.75, 3.05) is 13.1 Å². The Hall–Kier alpha value is -1.85. The van der Waals surface area contributed by atoms with Crippen molar-refractivity contribution in [1.82, 2.24) is 14.5 Å². The SMILES string of the molecule is CCN(Cc1cncn1C1CCCCC1)C[C@H](O)c1cccc(O)c1. The number of rotatable bonds is 7. The van der Waals surface area contributed by atoms with Gasteiger partial charge in [0, 0.05) is 25.3 Å². The predicted molar refractivity (Wildman–Crippen MR) is 98.4 cm³/mol. The van der Waals surface area contributed by atoms with Gasteiger partial charge in [0.15, 0.2) is 0 Å². The summed E-state index contributed by atoms with van der Waals surface area (Å²) in [6.07, 6.45) is 9.73. The molecule has 0 amide bonds. The van der Waals surface area contributed by atoms with Gasteiger partial charge in [0.2, 0.25) is 0 Å². The summed E-state index contributed by atoms with van der Waals surface area (Å²) in [6, 6.07) is 7.44. The number of phenols is 1. The number of aromatic hydroxyl groups is 1. The standard InChI is InChI=1S/C20H29N3O2/c1-2-22(14-20(25)16-7-6-10-19(24)11-16)13-18-12-21-15-23(18)17-8-4-3-5-9-17/h6-7,10-12,15,17,20,24-25H,2-5,8-9,13-14H2,1H3/t20-/m0/s1. The summed E-state index contributed by atoms with van der Waals surface area (Å²) in [7, 11) is 0. The van der Waals surface area contributed by atoms with E-state index in [1.165, 1.54) is 37.8 Å². The van der Waals surface area contributed by atoms with Crippen molar-refractivity contribution in [2.24, 2.45) is 0 Å². The van der Waals surface area contributed by atoms with E-state index in [9.17, 15) is 10.2 Å². The zero-order chi connectivity index (χ0) is 17.6. The first kappa shape index (κ1) is 18.0. The molecule has 1 heterocycles. The van der Waals surface area contributed by atoms with E-state index in [0.29, 0.717) is 12.6 Å². The fraction of sp³-hybridized carbons (Fsp3) is 0.550. The number of imidazole rings is 1. The zero-order valence-corrected chi connectivity index (χ0v) is 15.0. The first-order valence-electron chi connectivity index (χ1n) is 9.37. The lowest BCUT2D eigenvalue weighted by molar-refractivity contribution is 0.110. The van der Waals surface area contributed by atoms with Crippen LogP contribution in [0.4, 0.5) is 0 Å². The van der Waals surface area contributed by atoms with Gasteiger partial charge in [-0.05, 0) is 37.1 Å². The lowest BCUT2D eigenvalue weighted by atomic mass is 9.95. The van der Waals surface area contributed by atoms with Gasteiger partial charge in [-0.3, -0.25) is 4.90 Å². The molecule has 0 unspecified atom stereocenters. The highest BCUT2D eigenvalue weighted by Gasteiger charge is 2.20. The van der Waals surface area contributed by atoms with Crippen LogP contribution in [0.3, 0.4) is 0 Å². The van der Waals surface area contributed by atoms with E-state index in [-0.39, 0.29) is 5.75 Å². The molecule has 0 aliphatic heterocycles. The van der Waals surface area contributed by atoms with E-state index >= 15 is 0 Å². The first-order valence-corrected chi connectivity index (χ1v) is 9.37. The molecule has 0 radical (unpaired) electrons. The Morgan fingerprint density at radius 3 is 2.80 bits per heavy atom. The van der Waals surface area contributed by atoms with Crippen LogP contribution in [-0.2, 0) is 6.54 Å². The molecule has 1 saturated carbocycles. The lowest BCUT2D eigenvalue weighted by Crippen LogP contribution is -2.29. The van der Waals surface area contributed by atoms with Crippen LogP contribution in [0.15, 0.2) is 36.8 Å². The van der Waals surface area contributed by atoms with Crippen LogP contribution in [0.1, 0.15) is 62.4 Å². The van der Waals surface area contributed by atoms with Gasteiger partial charge in [-0.1, -0.05) is 38.3 Å². The molecule has 3 rings (SSSR count). The quantitative estimate of drug-likeness (QED) is 0.805. The third kappa shape index (κ3) is 4.61. The highest BCUT2D eigenvalue weighted by molar-refractivity contribution is 5.28. The predicted octanol–water partition coefficient (Wildman–Crippen LogP) is 3.65. The minimum Gasteiger partial charge on any atom is -0.508 e. The third-order valence-corrected chi connectivity index (χ3v) is 5.23. The molecule has 1 aliphatic carbocycles. The molecule has 0 saturated heterocycles. The van der Waals surface area contributed by atoms with E-state index in [4.69, 9.17) is 0 Å². The summed E-state index contributed by atoms with van der Waals surface area (Å²) in [5.74, 6) is 0.190. The fourth-order valence-electron chi connectivity index (χ4n) is 3.76. The fourth-order valence-corrected chi connectivity index (χ4v) is 3.76. The van der Waals surface area contributed by atoms with Gasteiger partial charge in [-0.2, -0.15) is 0 Å². The van der Waals surface area contributed by atoms with Gasteiger partial charge >= 0.3 is 0 Å². The summed E-state index contributed by atoms with van der Waals surface area (Å²) in [4.78, 5) is 6.60. The highest BCUT2D eigenvalue weighted by Crippen LogP contribution is 2.29. The molecule has 136 valence electrons. The molecule has 1 aromatic carbocycles. The van der Waals surface area contributed by atoms with Crippen molar-refractivity contribution in [3.63, 3.8) is 0 Å². The number of hydrogen-bond donors (Lipinski definition) is 2. The number of phenolic OH excluding ortho intramolecular Hbond substituents is 1. The molecule has 2 N–H and O–H groups in total. The van der Waals surface area contributed by atoms with E-state index < -0.39 is 6.10 Å². The second kappa shape index (κ2) is 8.50. The van der Waals surface area contributed by atoms with Gasteiger partial charge in [-0.15, -0.1) is 0 Å². The van der Waals surface area contributed by atoms with Crippen molar-refractivity contribution in [2.45, 2.75) is 57.7 Å². The van der Waals surface area contributed by atoms with Crippen LogP contribution in [0.5, 0.6) is 5.75 Å². The topological polar surface area (TPSA) is 61.5 Å². The molecule has 1 atom stereocenters. The summed E-state index contributed by atoms with van der Waals surface area (Å²) in [5.41, 5.74) is 1.97. The molecular weight excluding hydrogens is 314 g/mol. The average molecular weight is 343 g/mol. The largest absolute Gasteiger partial charge is 0.508 e. The second-order valence-corrected chi connectivity index (χ2v) is 7.02. The van der Waals surface area contributed by atoms with Crippen LogP contribution in [-0.4, -0.2) is 37.8 Å². The molecule has 5 nitrogen and oxygen atoms in total. The van der Waals surface area contributed by atoms with Gasteiger partial charge < -0.3 is 14.8 Å². The highest BCUT2D eigenvalue weighted by atomic mass is 16.3. The van der Waals surface area contributed by atoms with E-state index in [0.717, 1.165) is 18.7 Å². The molecule has 0 bridgehead atoms. The smallest absolute Gasteiger partial charge is 0.115 e. The monoisotopic (exact) mass is 343 g/mol. The van der Waals surface area contributed by atoms with Crippen LogP contribution < -0.4 is 0 Å². The van der Waals surface area contributed by atoms with Crippen LogP contribution in [0.25, 0.3) is 0 Å². The normalized spacial score (nSPS) is 17.1. The first-order chi connectivity index (χ1) is 12.2.